The fourth-order valence-electron chi connectivity index (χ4n) is 5.57. The highest BCUT2D eigenvalue weighted by Crippen LogP contribution is 2.33. The highest BCUT2D eigenvalue weighted by Gasteiger charge is 2.36. The number of amides is 1. The van der Waals surface area contributed by atoms with E-state index in [0.717, 1.165) is 63.4 Å². The third-order valence-electron chi connectivity index (χ3n) is 7.51. The molecule has 8 heteroatoms. The first-order chi connectivity index (χ1) is 15.2. The summed E-state index contributed by atoms with van der Waals surface area (Å²) in [5.74, 6) is 0.991. The van der Waals surface area contributed by atoms with E-state index < -0.39 is 0 Å². The maximum atomic E-state index is 13.3. The highest BCUT2D eigenvalue weighted by atomic mass is 16.5. The van der Waals surface area contributed by atoms with Crippen LogP contribution in [0.2, 0.25) is 0 Å². The van der Waals surface area contributed by atoms with Crippen molar-refractivity contribution in [2.24, 2.45) is 11.8 Å². The van der Waals surface area contributed by atoms with Crippen molar-refractivity contribution in [3.63, 3.8) is 0 Å². The van der Waals surface area contributed by atoms with Gasteiger partial charge >= 0.3 is 0 Å². The minimum Gasteiger partial charge on any atom is -0.381 e. The van der Waals surface area contributed by atoms with Gasteiger partial charge in [0.05, 0.1) is 36.1 Å². The van der Waals surface area contributed by atoms with E-state index in [2.05, 4.69) is 16.1 Å². The number of carbonyl (C=O) groups is 1. The maximum absolute atomic E-state index is 13.3. The van der Waals surface area contributed by atoms with Crippen LogP contribution in [0.15, 0.2) is 10.9 Å². The average Bonchev–Trinajstić information content (AvgIpc) is 3.35. The number of aromatic nitrogens is 3. The second-order valence-electron chi connectivity index (χ2n) is 9.77. The smallest absolute Gasteiger partial charge is 0.277 e. The molecular formula is C23H31N5O3. The van der Waals surface area contributed by atoms with Gasteiger partial charge < -0.3 is 9.64 Å². The Bertz CT molecular complexity index is 1050. The second-order valence-corrected chi connectivity index (χ2v) is 9.77. The van der Waals surface area contributed by atoms with Crippen LogP contribution in [0.4, 0.5) is 0 Å². The number of carbonyl (C=O) groups excluding carboxylic acids is 1. The zero-order valence-corrected chi connectivity index (χ0v) is 18.0. The van der Waals surface area contributed by atoms with Crippen molar-refractivity contribution in [3.05, 3.63) is 33.4 Å². The Morgan fingerprint density at radius 2 is 2.10 bits per heavy atom. The van der Waals surface area contributed by atoms with Crippen molar-refractivity contribution in [1.29, 1.82) is 0 Å². The standard InChI is InChI=1S/C23H31N5O3/c29-22(16-4-5-16)27-9-6-18-17(13-27)23(30)28-21(24-18)11-19(25-28)20-3-1-2-8-26(20)12-15-7-10-31-14-15/h11,15-16,20,25H,1-10,12-14H2/t15-,20+/m1/s1. The number of ether oxygens (including phenoxy) is 1. The lowest BCUT2D eigenvalue weighted by Crippen LogP contribution is -2.41. The number of aromatic amines is 1. The van der Waals surface area contributed by atoms with Crippen LogP contribution in [0.3, 0.4) is 0 Å². The molecule has 0 aromatic carbocycles. The van der Waals surface area contributed by atoms with Crippen molar-refractivity contribution in [2.75, 3.05) is 32.8 Å². The summed E-state index contributed by atoms with van der Waals surface area (Å²) in [6.45, 7) is 4.94. The van der Waals surface area contributed by atoms with Crippen molar-refractivity contribution in [3.8, 4) is 0 Å². The van der Waals surface area contributed by atoms with Gasteiger partial charge in [0.25, 0.3) is 5.56 Å². The van der Waals surface area contributed by atoms with Gasteiger partial charge in [-0.3, -0.25) is 19.6 Å². The Morgan fingerprint density at radius 3 is 2.90 bits per heavy atom. The molecule has 166 valence electrons. The van der Waals surface area contributed by atoms with E-state index in [1.54, 1.807) is 4.52 Å². The summed E-state index contributed by atoms with van der Waals surface area (Å²) >= 11 is 0. The van der Waals surface area contributed by atoms with E-state index in [4.69, 9.17) is 9.72 Å². The van der Waals surface area contributed by atoms with Gasteiger partial charge in [-0.05, 0) is 44.6 Å². The molecule has 3 aliphatic heterocycles. The molecule has 2 atom stereocenters. The molecule has 2 saturated heterocycles. The van der Waals surface area contributed by atoms with Crippen molar-refractivity contribution >= 4 is 11.6 Å². The van der Waals surface area contributed by atoms with Crippen LogP contribution in [0, 0.1) is 11.8 Å². The van der Waals surface area contributed by atoms with Gasteiger partial charge in [-0.25, -0.2) is 9.50 Å². The van der Waals surface area contributed by atoms with Crippen LogP contribution in [0.25, 0.3) is 5.65 Å². The predicted molar refractivity (Wildman–Crippen MR) is 115 cm³/mol. The number of piperidine rings is 1. The Balaban J connectivity index is 1.29. The van der Waals surface area contributed by atoms with Crippen molar-refractivity contribution in [1.82, 2.24) is 24.4 Å². The number of likely N-dealkylation sites (tertiary alicyclic amines) is 1. The molecule has 8 nitrogen and oxygen atoms in total. The van der Waals surface area contributed by atoms with E-state index >= 15 is 0 Å². The van der Waals surface area contributed by atoms with Gasteiger partial charge in [-0.1, -0.05) is 6.42 Å². The number of H-pyrrole nitrogens is 1. The summed E-state index contributed by atoms with van der Waals surface area (Å²) < 4.78 is 7.19. The summed E-state index contributed by atoms with van der Waals surface area (Å²) in [6, 6.07) is 2.36. The fraction of sp³-hybridized carbons (Fsp3) is 0.696. The first-order valence-corrected chi connectivity index (χ1v) is 11.9. The normalized spacial score (nSPS) is 27.0. The minimum absolute atomic E-state index is 0.0499. The maximum Gasteiger partial charge on any atom is 0.277 e. The van der Waals surface area contributed by atoms with Crippen molar-refractivity contribution < 1.29 is 9.53 Å². The molecule has 1 amide bonds. The predicted octanol–water partition coefficient (Wildman–Crippen LogP) is 1.88. The third kappa shape index (κ3) is 3.59. The fourth-order valence-corrected chi connectivity index (χ4v) is 5.57. The summed E-state index contributed by atoms with van der Waals surface area (Å²) in [4.78, 5) is 35.1. The number of hydrogen-bond donors (Lipinski definition) is 1. The third-order valence-corrected chi connectivity index (χ3v) is 7.51. The molecule has 0 radical (unpaired) electrons. The average molecular weight is 426 g/mol. The summed E-state index contributed by atoms with van der Waals surface area (Å²) in [7, 11) is 0. The Labute approximate surface area is 181 Å². The zero-order valence-electron chi connectivity index (χ0n) is 18.0. The van der Waals surface area contributed by atoms with Gasteiger partial charge in [0.15, 0.2) is 5.65 Å². The first-order valence-electron chi connectivity index (χ1n) is 11.9. The number of rotatable bonds is 4. The molecule has 1 saturated carbocycles. The molecular weight excluding hydrogens is 394 g/mol. The largest absolute Gasteiger partial charge is 0.381 e. The molecule has 4 aliphatic rings. The topological polar surface area (TPSA) is 82.9 Å². The van der Waals surface area contributed by atoms with Gasteiger partial charge in [-0.15, -0.1) is 0 Å². The molecule has 1 aliphatic carbocycles. The van der Waals surface area contributed by atoms with E-state index in [-0.39, 0.29) is 17.4 Å². The molecule has 3 fully saturated rings. The van der Waals surface area contributed by atoms with E-state index in [1.165, 1.54) is 12.8 Å². The molecule has 0 spiro atoms. The van der Waals surface area contributed by atoms with Crippen LogP contribution < -0.4 is 5.56 Å². The first kappa shape index (κ1) is 19.5. The number of nitrogens with one attached hydrogen (secondary N) is 1. The SMILES string of the molecule is O=C(C1CC1)N1CCc2nc3cc([C@@H]4CCCCN4C[C@H]4CCOC4)[nH]n3c(=O)c2C1. The molecule has 2 aromatic heterocycles. The van der Waals surface area contributed by atoms with Crippen molar-refractivity contribution in [2.45, 2.75) is 57.5 Å². The number of nitrogens with zero attached hydrogens (tertiary/aromatic N) is 4. The monoisotopic (exact) mass is 425 g/mol. The lowest BCUT2D eigenvalue weighted by atomic mass is 9.97. The Kier molecular flexibility index (Phi) is 4.87. The van der Waals surface area contributed by atoms with E-state index in [0.29, 0.717) is 42.7 Å². The quantitative estimate of drug-likeness (QED) is 0.809. The lowest BCUT2D eigenvalue weighted by molar-refractivity contribution is -0.133. The van der Waals surface area contributed by atoms with E-state index in [9.17, 15) is 9.59 Å². The molecule has 6 rings (SSSR count). The molecule has 0 unspecified atom stereocenters. The Hall–Kier alpha value is -2.19. The van der Waals surface area contributed by atoms with Crippen LogP contribution in [-0.4, -0.2) is 63.2 Å². The second kappa shape index (κ2) is 7.74. The van der Waals surface area contributed by atoms with E-state index in [1.807, 2.05) is 4.90 Å². The summed E-state index contributed by atoms with van der Waals surface area (Å²) in [6.07, 6.45) is 7.30. The summed E-state index contributed by atoms with van der Waals surface area (Å²) in [5.41, 5.74) is 3.27. The molecule has 5 heterocycles. The highest BCUT2D eigenvalue weighted by molar-refractivity contribution is 5.81. The molecule has 0 bridgehead atoms. The van der Waals surface area contributed by atoms with Crippen LogP contribution in [-0.2, 0) is 22.5 Å². The Morgan fingerprint density at radius 1 is 1.19 bits per heavy atom. The van der Waals surface area contributed by atoms with Crippen LogP contribution in [0.5, 0.6) is 0 Å². The minimum atomic E-state index is -0.0499. The van der Waals surface area contributed by atoms with Gasteiger partial charge in [0.1, 0.15) is 0 Å². The molecule has 2 aromatic rings. The molecule has 1 N–H and O–H groups in total. The van der Waals surface area contributed by atoms with Crippen LogP contribution >= 0.6 is 0 Å². The van der Waals surface area contributed by atoms with Gasteiger partial charge in [0.2, 0.25) is 5.91 Å². The van der Waals surface area contributed by atoms with Gasteiger partial charge in [0, 0.05) is 38.1 Å². The van der Waals surface area contributed by atoms with Crippen LogP contribution in [0.1, 0.15) is 61.5 Å². The number of fused-ring (bicyclic) bond motifs is 2. The molecule has 31 heavy (non-hydrogen) atoms. The lowest BCUT2D eigenvalue weighted by Gasteiger charge is -2.36. The van der Waals surface area contributed by atoms with Gasteiger partial charge in [-0.2, -0.15) is 0 Å². The summed E-state index contributed by atoms with van der Waals surface area (Å²) in [5, 5.41) is 3.38. The number of hydrogen-bond acceptors (Lipinski definition) is 5. The zero-order chi connectivity index (χ0) is 20.9.